The molecule has 14 aromatic carbocycles. The van der Waals surface area contributed by atoms with Crippen LogP contribution in [0.5, 0.6) is 0 Å². The molecule has 0 fully saturated rings. The molecule has 17 rings (SSSR count). The first-order valence-electron chi connectivity index (χ1n) is 32.9. The molecule has 438 valence electrons. The smallest absolute Gasteiger partial charge is 0.0622 e. The molecule has 3 aliphatic rings. The molecule has 2 unspecified atom stereocenters. The van der Waals surface area contributed by atoms with Gasteiger partial charge < -0.3 is 0 Å². The molecule has 0 aliphatic heterocycles. The van der Waals surface area contributed by atoms with E-state index in [2.05, 4.69) is 343 Å². The molecule has 3 aliphatic carbocycles. The van der Waals surface area contributed by atoms with Crippen molar-refractivity contribution in [1.29, 1.82) is 0 Å². The van der Waals surface area contributed by atoms with Crippen LogP contribution < -0.4 is 0 Å². The van der Waals surface area contributed by atoms with Crippen LogP contribution in [0.1, 0.15) is 102 Å². The lowest BCUT2D eigenvalue weighted by molar-refractivity contribution is 0.536. The van der Waals surface area contributed by atoms with E-state index in [9.17, 15) is 0 Å². The SMILES string of the molecule is Cc1ccc(-c2ccc3c(c2)C(C)(CCc2ccc(-c4cccc5c4-c4ccccc4C5(c4ccccc4)c4ccccc4)cc2)c2c-3c(Cc3ccc(C4(c5ccc(C)cc5)c5ccccc5-c5c(-c6ccc(C)cc6)cccc54)cc3)cc3ccccc23)cc1. The minimum atomic E-state index is -0.523. The summed E-state index contributed by atoms with van der Waals surface area (Å²) in [6.45, 7) is 9.10. The third kappa shape index (κ3) is 8.50. The average molecular weight is 1180 g/mol. The summed E-state index contributed by atoms with van der Waals surface area (Å²) in [5.41, 5.74) is 35.4. The zero-order valence-corrected chi connectivity index (χ0v) is 52.6. The second-order valence-electron chi connectivity index (χ2n) is 26.5. The largest absolute Gasteiger partial charge is 0.0713 e. The molecule has 0 saturated carbocycles. The molecule has 0 N–H and O–H groups in total. The van der Waals surface area contributed by atoms with Gasteiger partial charge in [-0.05, 0) is 196 Å². The van der Waals surface area contributed by atoms with Crippen LogP contribution >= 0.6 is 0 Å². The Morgan fingerprint density at radius 2 is 0.696 bits per heavy atom. The van der Waals surface area contributed by atoms with E-state index in [0.717, 1.165) is 19.3 Å². The summed E-state index contributed by atoms with van der Waals surface area (Å²) in [5.74, 6) is 0. The van der Waals surface area contributed by atoms with Crippen molar-refractivity contribution >= 4 is 10.8 Å². The van der Waals surface area contributed by atoms with Gasteiger partial charge in [-0.15, -0.1) is 0 Å². The van der Waals surface area contributed by atoms with Gasteiger partial charge in [0.1, 0.15) is 0 Å². The maximum absolute atomic E-state index is 2.55. The fraction of sp³-hybridized carbons (Fsp3) is 0.109. The van der Waals surface area contributed by atoms with Crippen LogP contribution in [0.15, 0.2) is 315 Å². The van der Waals surface area contributed by atoms with Gasteiger partial charge in [0.2, 0.25) is 0 Å². The van der Waals surface area contributed by atoms with Crippen LogP contribution in [0, 0.1) is 20.8 Å². The molecule has 92 heavy (non-hydrogen) atoms. The first-order chi connectivity index (χ1) is 45.2. The number of benzene rings is 14. The predicted octanol–water partition coefficient (Wildman–Crippen LogP) is 23.0. The van der Waals surface area contributed by atoms with Gasteiger partial charge >= 0.3 is 0 Å². The Balaban J connectivity index is 0.760. The van der Waals surface area contributed by atoms with Crippen LogP contribution in [-0.4, -0.2) is 0 Å². The third-order valence-corrected chi connectivity index (χ3v) is 21.3. The Labute approximate surface area is 541 Å². The summed E-state index contributed by atoms with van der Waals surface area (Å²) in [6.07, 6.45) is 2.68. The summed E-state index contributed by atoms with van der Waals surface area (Å²) >= 11 is 0. The van der Waals surface area contributed by atoms with Crippen molar-refractivity contribution in [2.45, 2.75) is 63.2 Å². The molecule has 0 bridgehead atoms. The molecular weight excluding hydrogens is 1110 g/mol. The molecule has 0 aromatic heterocycles. The lowest BCUT2D eigenvalue weighted by Crippen LogP contribution is -2.28. The lowest BCUT2D eigenvalue weighted by atomic mass is 9.67. The van der Waals surface area contributed by atoms with Gasteiger partial charge in [0.15, 0.2) is 0 Å². The average Bonchev–Trinajstić information content (AvgIpc) is 1.55. The van der Waals surface area contributed by atoms with E-state index in [4.69, 9.17) is 0 Å². The number of rotatable bonds is 12. The second-order valence-corrected chi connectivity index (χ2v) is 26.5. The van der Waals surface area contributed by atoms with Crippen LogP contribution in [0.4, 0.5) is 0 Å². The lowest BCUT2D eigenvalue weighted by Gasteiger charge is -2.34. The van der Waals surface area contributed by atoms with Crippen LogP contribution in [0.3, 0.4) is 0 Å². The predicted molar refractivity (Wildman–Crippen MR) is 385 cm³/mol. The van der Waals surface area contributed by atoms with Crippen molar-refractivity contribution in [3.05, 3.63) is 404 Å². The summed E-state index contributed by atoms with van der Waals surface area (Å²) in [7, 11) is 0. The Morgan fingerprint density at radius 3 is 1.26 bits per heavy atom. The maximum Gasteiger partial charge on any atom is 0.0713 e. The molecule has 0 spiro atoms. The van der Waals surface area contributed by atoms with E-state index in [1.807, 2.05) is 0 Å². The standard InChI is InChI=1S/C92H70/c1-60-33-43-65(44-34-60)68-49-54-80-85(59-68)90(4,56-55-63-39-47-67(48-40-63)76-28-18-31-83-88(76)78-25-13-15-29-81(78)91(83,71-20-7-5-8-21-71)72-22-9-6-10-23-72)89-77-24-12-11-19-69(77)58-70(86(80)89)57-64-41-52-74(53-42-64)92(73-50-37-62(3)38-51-73)82-30-16-14-26-79(82)87-75(27-17-32-84(87)92)66-45-35-61(2)36-46-66/h5-54,58-59H,55-57H2,1-4H3. The zero-order valence-electron chi connectivity index (χ0n) is 52.6. The highest BCUT2D eigenvalue weighted by Crippen LogP contribution is 2.61. The van der Waals surface area contributed by atoms with Crippen molar-refractivity contribution in [2.75, 3.05) is 0 Å². The number of aryl methyl sites for hydroxylation is 4. The third-order valence-electron chi connectivity index (χ3n) is 21.3. The van der Waals surface area contributed by atoms with Gasteiger partial charge in [0.05, 0.1) is 10.8 Å². The van der Waals surface area contributed by atoms with E-state index < -0.39 is 10.8 Å². The number of fused-ring (bicyclic) bond motifs is 11. The monoisotopic (exact) mass is 1170 g/mol. The number of hydrogen-bond acceptors (Lipinski definition) is 0. The van der Waals surface area contributed by atoms with E-state index in [-0.39, 0.29) is 5.41 Å². The highest BCUT2D eigenvalue weighted by molar-refractivity contribution is 6.01. The Kier molecular flexibility index (Phi) is 13.1. The van der Waals surface area contributed by atoms with Gasteiger partial charge in [-0.2, -0.15) is 0 Å². The molecule has 0 nitrogen and oxygen atoms in total. The molecule has 2 atom stereocenters. The molecule has 0 heterocycles. The van der Waals surface area contributed by atoms with Crippen molar-refractivity contribution in [1.82, 2.24) is 0 Å². The second kappa shape index (κ2) is 21.8. The van der Waals surface area contributed by atoms with Gasteiger partial charge in [-0.3, -0.25) is 0 Å². The fourth-order valence-electron chi connectivity index (χ4n) is 16.9. The Morgan fingerprint density at radius 1 is 0.283 bits per heavy atom. The van der Waals surface area contributed by atoms with Crippen molar-refractivity contribution < 1.29 is 0 Å². The summed E-state index contributed by atoms with van der Waals surface area (Å²) in [4.78, 5) is 0. The van der Waals surface area contributed by atoms with Crippen molar-refractivity contribution in [2.24, 2.45) is 0 Å². The van der Waals surface area contributed by atoms with E-state index in [0.29, 0.717) is 0 Å². The Bertz CT molecular complexity index is 5130. The maximum atomic E-state index is 2.55. The molecule has 14 aromatic rings. The van der Waals surface area contributed by atoms with E-state index >= 15 is 0 Å². The Hall–Kier alpha value is -10.7. The molecule has 0 saturated heterocycles. The first kappa shape index (κ1) is 55.4. The summed E-state index contributed by atoms with van der Waals surface area (Å²) in [5, 5.41) is 2.64. The molecule has 0 heteroatoms. The zero-order chi connectivity index (χ0) is 61.7. The van der Waals surface area contributed by atoms with Gasteiger partial charge in [0, 0.05) is 5.41 Å². The highest BCUT2D eigenvalue weighted by atomic mass is 14.5. The minimum Gasteiger partial charge on any atom is -0.0622 e. The molecule has 0 radical (unpaired) electrons. The van der Waals surface area contributed by atoms with E-state index in [1.54, 1.807) is 0 Å². The summed E-state index contributed by atoms with van der Waals surface area (Å²) in [6, 6.07) is 120. The van der Waals surface area contributed by atoms with Crippen molar-refractivity contribution in [3.63, 3.8) is 0 Å². The van der Waals surface area contributed by atoms with Gasteiger partial charge in [-0.25, -0.2) is 0 Å². The van der Waals surface area contributed by atoms with Crippen LogP contribution in [0.25, 0.3) is 77.5 Å². The van der Waals surface area contributed by atoms with Gasteiger partial charge in [-0.1, -0.05) is 333 Å². The number of hydrogen-bond donors (Lipinski definition) is 0. The minimum absolute atomic E-state index is 0.299. The topological polar surface area (TPSA) is 0 Å². The van der Waals surface area contributed by atoms with Gasteiger partial charge in [0.25, 0.3) is 0 Å². The normalized spacial score (nSPS) is 16.1. The first-order valence-corrected chi connectivity index (χ1v) is 32.9. The van der Waals surface area contributed by atoms with Crippen molar-refractivity contribution in [3.8, 4) is 66.8 Å². The quantitative estimate of drug-likeness (QED) is 0.114. The molecule has 0 amide bonds. The van der Waals surface area contributed by atoms with Crippen LogP contribution in [0.2, 0.25) is 0 Å². The van der Waals surface area contributed by atoms with E-state index in [1.165, 1.54) is 167 Å². The fourth-order valence-corrected chi connectivity index (χ4v) is 16.9. The summed E-state index contributed by atoms with van der Waals surface area (Å²) < 4.78 is 0. The van der Waals surface area contributed by atoms with Crippen LogP contribution in [-0.2, 0) is 29.1 Å². The highest BCUT2D eigenvalue weighted by Gasteiger charge is 2.49. The molecular formula is C92H70.